The third kappa shape index (κ3) is 5.23. The summed E-state index contributed by atoms with van der Waals surface area (Å²) in [5.74, 6) is -2.30. The number of aromatic nitrogens is 1. The summed E-state index contributed by atoms with van der Waals surface area (Å²) in [6, 6.07) is 19.3. The molecule has 3 heterocycles. The molecule has 6 rings (SSSR count). The first-order valence-corrected chi connectivity index (χ1v) is 15.4. The first kappa shape index (κ1) is 27.8. The van der Waals surface area contributed by atoms with E-state index in [4.69, 9.17) is 16.3 Å². The molecule has 8 nitrogen and oxygen atoms in total. The van der Waals surface area contributed by atoms with Crippen molar-refractivity contribution in [2.24, 2.45) is 5.92 Å². The topological polar surface area (TPSA) is 109 Å². The van der Waals surface area contributed by atoms with Crippen LogP contribution < -0.4 is 19.8 Å². The van der Waals surface area contributed by atoms with Gasteiger partial charge >= 0.3 is 4.87 Å². The number of thioether (sulfide) groups is 1. The average molecular weight is 671 g/mol. The number of aromatic amines is 1. The second-order valence-electron chi connectivity index (χ2n) is 9.57. The number of aryl methyl sites for hydroxylation is 1. The fraction of sp³-hybridized carbons (Fsp3) is 0.172. The normalized spacial score (nSPS) is 19.6. The number of ether oxygens (including phenoxy) is 1. The van der Waals surface area contributed by atoms with Crippen molar-refractivity contribution in [1.29, 1.82) is 0 Å². The standard InChI is InChI=1S/C29H21BrClN3O5S2/c1-14-4-2-3-5-19(14)32-21(35)13-39-20-11-8-16(31)12-18(20)22-23-25(40-26-24(22)41-29(38)33-26)28(37)34(27(23)36)17-9-6-15(30)7-10-17/h2-12,22-23,25H,13H2,1H3,(H,32,35)(H,33,38). The van der Waals surface area contributed by atoms with Crippen LogP contribution in [0.15, 0.2) is 81.0 Å². The number of thiazole rings is 1. The van der Waals surface area contributed by atoms with Crippen molar-refractivity contribution in [3.63, 3.8) is 0 Å². The average Bonchev–Trinajstić information content (AvgIpc) is 3.44. The minimum Gasteiger partial charge on any atom is -0.483 e. The number of benzene rings is 3. The summed E-state index contributed by atoms with van der Waals surface area (Å²) in [5.41, 5.74) is 2.57. The van der Waals surface area contributed by atoms with E-state index in [1.165, 1.54) is 16.7 Å². The number of nitrogens with zero attached hydrogens (tertiary/aromatic N) is 1. The first-order chi connectivity index (χ1) is 19.7. The Labute approximate surface area is 256 Å². The molecule has 2 aliphatic heterocycles. The van der Waals surface area contributed by atoms with Crippen LogP contribution in [-0.2, 0) is 14.4 Å². The number of carbonyl (C=O) groups is 3. The molecule has 3 atom stereocenters. The van der Waals surface area contributed by atoms with Crippen LogP contribution in [0.4, 0.5) is 11.4 Å². The van der Waals surface area contributed by atoms with E-state index in [1.54, 1.807) is 48.5 Å². The molecule has 2 aliphatic rings. The molecule has 2 N–H and O–H groups in total. The van der Waals surface area contributed by atoms with Gasteiger partial charge in [0.15, 0.2) is 6.61 Å². The Kier molecular flexibility index (Phi) is 7.54. The second-order valence-corrected chi connectivity index (χ2v) is 13.1. The lowest BCUT2D eigenvalue weighted by atomic mass is 9.82. The van der Waals surface area contributed by atoms with E-state index in [0.29, 0.717) is 37.6 Å². The Bertz CT molecular complexity index is 1760. The molecule has 41 heavy (non-hydrogen) atoms. The summed E-state index contributed by atoms with van der Waals surface area (Å²) in [7, 11) is 0. The number of hydrogen-bond donors (Lipinski definition) is 2. The first-order valence-electron chi connectivity index (χ1n) is 12.5. The monoisotopic (exact) mass is 669 g/mol. The number of para-hydroxylation sites is 1. The van der Waals surface area contributed by atoms with Crippen LogP contribution in [0.5, 0.6) is 5.75 Å². The molecule has 3 aromatic carbocycles. The lowest BCUT2D eigenvalue weighted by Gasteiger charge is -2.31. The van der Waals surface area contributed by atoms with E-state index in [2.05, 4.69) is 26.2 Å². The van der Waals surface area contributed by atoms with Gasteiger partial charge in [-0.25, -0.2) is 4.90 Å². The quantitative estimate of drug-likeness (QED) is 0.245. The third-order valence-corrected chi connectivity index (χ3v) is 10.2. The number of imide groups is 1. The summed E-state index contributed by atoms with van der Waals surface area (Å²) in [6.07, 6.45) is 0. The molecule has 0 spiro atoms. The van der Waals surface area contributed by atoms with Gasteiger partial charge in [0.1, 0.15) is 11.0 Å². The van der Waals surface area contributed by atoms with Gasteiger partial charge in [-0.05, 0) is 61.0 Å². The third-order valence-electron chi connectivity index (χ3n) is 6.99. The summed E-state index contributed by atoms with van der Waals surface area (Å²) in [4.78, 5) is 57.3. The number of carbonyl (C=O) groups excluding carboxylic acids is 3. The fourth-order valence-corrected chi connectivity index (χ4v) is 8.08. The maximum absolute atomic E-state index is 14.0. The molecule has 0 aliphatic carbocycles. The van der Waals surface area contributed by atoms with Crippen molar-refractivity contribution in [1.82, 2.24) is 4.98 Å². The molecular formula is C29H21BrClN3O5S2. The summed E-state index contributed by atoms with van der Waals surface area (Å²) >= 11 is 12.0. The second kappa shape index (κ2) is 11.1. The zero-order chi connectivity index (χ0) is 28.8. The fourth-order valence-electron chi connectivity index (χ4n) is 5.13. The van der Waals surface area contributed by atoms with Gasteiger partial charge in [-0.3, -0.25) is 19.2 Å². The lowest BCUT2D eigenvalue weighted by Crippen LogP contribution is -2.32. The van der Waals surface area contributed by atoms with Gasteiger partial charge in [0.05, 0.1) is 16.6 Å². The van der Waals surface area contributed by atoms with Crippen molar-refractivity contribution in [3.05, 3.63) is 102 Å². The predicted molar refractivity (Wildman–Crippen MR) is 163 cm³/mol. The molecule has 0 radical (unpaired) electrons. The van der Waals surface area contributed by atoms with Crippen LogP contribution in [0, 0.1) is 12.8 Å². The number of rotatable bonds is 6. The molecule has 208 valence electrons. The Morgan fingerprint density at radius 2 is 1.83 bits per heavy atom. The van der Waals surface area contributed by atoms with Gasteiger partial charge in [0.25, 0.3) is 5.91 Å². The number of H-pyrrole nitrogens is 1. The maximum Gasteiger partial charge on any atom is 0.305 e. The van der Waals surface area contributed by atoms with E-state index in [0.717, 1.165) is 21.4 Å². The van der Waals surface area contributed by atoms with E-state index >= 15 is 0 Å². The SMILES string of the molecule is Cc1ccccc1NC(=O)COc1ccc(Cl)cc1C1c2sc(=O)[nH]c2SC2C(=O)N(c3ccc(Br)cc3)C(=O)C21. The van der Waals surface area contributed by atoms with Crippen LogP contribution in [0.1, 0.15) is 21.9 Å². The molecular weight excluding hydrogens is 650 g/mol. The lowest BCUT2D eigenvalue weighted by molar-refractivity contribution is -0.122. The Balaban J connectivity index is 1.37. The largest absolute Gasteiger partial charge is 0.483 e. The van der Waals surface area contributed by atoms with Gasteiger partial charge < -0.3 is 15.0 Å². The van der Waals surface area contributed by atoms with Gasteiger partial charge in [-0.2, -0.15) is 0 Å². The molecule has 0 bridgehead atoms. The highest BCUT2D eigenvalue weighted by atomic mass is 79.9. The Hall–Kier alpha value is -3.38. The number of anilines is 2. The van der Waals surface area contributed by atoms with Crippen molar-refractivity contribution in [2.75, 3.05) is 16.8 Å². The molecule has 12 heteroatoms. The number of hydrogen-bond acceptors (Lipinski definition) is 7. The number of halogens is 2. The van der Waals surface area contributed by atoms with E-state index in [-0.39, 0.29) is 29.2 Å². The molecule has 0 saturated carbocycles. The minimum absolute atomic E-state index is 0.292. The highest BCUT2D eigenvalue weighted by Crippen LogP contribution is 2.54. The molecule has 3 amide bonds. The molecule has 1 fully saturated rings. The van der Waals surface area contributed by atoms with Crippen molar-refractivity contribution < 1.29 is 19.1 Å². The van der Waals surface area contributed by atoms with E-state index in [9.17, 15) is 19.2 Å². The van der Waals surface area contributed by atoms with Gasteiger partial charge in [-0.15, -0.1) is 0 Å². The summed E-state index contributed by atoms with van der Waals surface area (Å²) < 4.78 is 6.82. The number of amides is 3. The zero-order valence-corrected chi connectivity index (χ0v) is 25.3. The van der Waals surface area contributed by atoms with Crippen molar-refractivity contribution >= 4 is 79.7 Å². The predicted octanol–water partition coefficient (Wildman–Crippen LogP) is 5.97. The number of fused-ring (bicyclic) bond motifs is 2. The van der Waals surface area contributed by atoms with Crippen molar-refractivity contribution in [3.8, 4) is 5.75 Å². The van der Waals surface area contributed by atoms with Crippen LogP contribution in [0.2, 0.25) is 5.02 Å². The van der Waals surface area contributed by atoms with Crippen molar-refractivity contribution in [2.45, 2.75) is 23.1 Å². The Morgan fingerprint density at radius 1 is 1.07 bits per heavy atom. The van der Waals surface area contributed by atoms with Crippen LogP contribution in [0.3, 0.4) is 0 Å². The summed E-state index contributed by atoms with van der Waals surface area (Å²) in [6.45, 7) is 1.59. The summed E-state index contributed by atoms with van der Waals surface area (Å²) in [5, 5.41) is 2.99. The van der Waals surface area contributed by atoms with Crippen LogP contribution in [-0.4, -0.2) is 34.6 Å². The zero-order valence-electron chi connectivity index (χ0n) is 21.4. The highest BCUT2D eigenvalue weighted by Gasteiger charge is 2.56. The maximum atomic E-state index is 14.0. The van der Waals surface area contributed by atoms with Gasteiger partial charge in [0.2, 0.25) is 11.8 Å². The van der Waals surface area contributed by atoms with E-state index in [1.807, 2.05) is 25.1 Å². The number of nitrogens with one attached hydrogen (secondary N) is 2. The highest BCUT2D eigenvalue weighted by molar-refractivity contribution is 9.10. The molecule has 1 aromatic heterocycles. The van der Waals surface area contributed by atoms with Crippen LogP contribution >= 0.6 is 50.6 Å². The smallest absolute Gasteiger partial charge is 0.305 e. The van der Waals surface area contributed by atoms with Gasteiger partial charge in [-0.1, -0.05) is 68.8 Å². The molecule has 1 saturated heterocycles. The van der Waals surface area contributed by atoms with Crippen LogP contribution in [0.25, 0.3) is 0 Å². The minimum atomic E-state index is -0.822. The Morgan fingerprint density at radius 3 is 2.59 bits per heavy atom. The molecule has 3 unspecified atom stereocenters. The molecule has 4 aromatic rings. The van der Waals surface area contributed by atoms with Gasteiger partial charge in [0, 0.05) is 31.5 Å². The van der Waals surface area contributed by atoms with E-state index < -0.39 is 17.1 Å².